The van der Waals surface area contributed by atoms with Gasteiger partial charge in [0.05, 0.1) is 0 Å². The molecule has 0 radical (unpaired) electrons. The van der Waals surface area contributed by atoms with E-state index in [9.17, 15) is 0 Å². The molecule has 0 atom stereocenters. The van der Waals surface area contributed by atoms with Gasteiger partial charge < -0.3 is 0 Å². The van der Waals surface area contributed by atoms with Crippen LogP contribution in [0.25, 0.3) is 0 Å². The summed E-state index contributed by atoms with van der Waals surface area (Å²) in [6.45, 7) is 0. The van der Waals surface area contributed by atoms with E-state index in [2.05, 4.69) is 108 Å². The molecule has 0 aliphatic rings. The lowest BCUT2D eigenvalue weighted by atomic mass is 10.2. The Hall–Kier alpha value is -0.700. The number of hydrogen-bond acceptors (Lipinski definition) is 0. The molecule has 22 heavy (non-hydrogen) atoms. The second-order valence-electron chi connectivity index (χ2n) is 4.77. The normalized spacial score (nSPS) is 10.3. The molecule has 0 spiro atoms. The van der Waals surface area contributed by atoms with E-state index in [0.29, 0.717) is 0 Å². The number of rotatable bonds is 4. The van der Waals surface area contributed by atoms with Crippen LogP contribution >= 0.6 is 47.5 Å². The minimum atomic E-state index is -0.477. The van der Waals surface area contributed by atoms with Crippen molar-refractivity contribution in [2.24, 2.45) is 0 Å². The largest absolute Gasteiger partial charge is 0.114 e. The molecule has 0 amide bonds. The van der Waals surface area contributed by atoms with Crippen LogP contribution in [0.1, 0.15) is 5.56 Å². The summed E-state index contributed by atoms with van der Waals surface area (Å²) in [6, 6.07) is 30.6. The van der Waals surface area contributed by atoms with Gasteiger partial charge in [-0.1, -0.05) is 108 Å². The zero-order valence-corrected chi connectivity index (χ0v) is 16.8. The van der Waals surface area contributed by atoms with Crippen LogP contribution in [0.15, 0.2) is 84.9 Å². The quantitative estimate of drug-likeness (QED) is 0.280. The van der Waals surface area contributed by atoms with Crippen LogP contribution in [-0.4, -0.2) is 0 Å². The molecule has 3 aromatic rings. The number of halogens is 2. The van der Waals surface area contributed by atoms with Crippen LogP contribution < -0.4 is 15.9 Å². The Morgan fingerprint density at radius 2 is 1.09 bits per heavy atom. The third kappa shape index (κ3) is 3.98. The summed E-state index contributed by atoms with van der Waals surface area (Å²) in [5.74, 6) is 0. The van der Waals surface area contributed by atoms with Gasteiger partial charge in [-0.15, -0.1) is 17.0 Å². The smallest absolute Gasteiger partial charge is 0.0253 e. The fraction of sp³-hybridized carbons (Fsp3) is 0.0526. The Labute approximate surface area is 157 Å². The summed E-state index contributed by atoms with van der Waals surface area (Å²) in [6.07, 6.45) is 0. The number of hydrogen-bond donors (Lipinski definition) is 0. The van der Waals surface area contributed by atoms with Crippen molar-refractivity contribution in [1.82, 2.24) is 0 Å². The molecule has 0 fully saturated rings. The van der Waals surface area contributed by atoms with E-state index in [4.69, 9.17) is 0 Å². The van der Waals surface area contributed by atoms with Gasteiger partial charge in [0.15, 0.2) is 0 Å². The highest BCUT2D eigenvalue weighted by Crippen LogP contribution is 2.34. The van der Waals surface area contributed by atoms with E-state index in [1.54, 1.807) is 0 Å². The molecule has 0 bridgehead atoms. The van der Waals surface area contributed by atoms with Crippen molar-refractivity contribution in [2.75, 3.05) is 0 Å². The minimum Gasteiger partial charge on any atom is -0.114 e. The highest BCUT2D eigenvalue weighted by molar-refractivity contribution is 14.1. The summed E-state index contributed by atoms with van der Waals surface area (Å²) >= 11 is 2.46. The highest BCUT2D eigenvalue weighted by Gasteiger charge is 2.18. The zero-order valence-electron chi connectivity index (χ0n) is 12.0. The molecular weight excluding hydrogens is 466 g/mol. The van der Waals surface area contributed by atoms with Gasteiger partial charge in [0.1, 0.15) is 0 Å². The SMILES string of the molecule is Br.ICc1ccccc1P(c1ccccc1)c1ccccc1. The first kappa shape index (κ1) is 17.7. The van der Waals surface area contributed by atoms with Crippen LogP contribution in [0.5, 0.6) is 0 Å². The summed E-state index contributed by atoms with van der Waals surface area (Å²) in [5, 5.41) is 4.30. The van der Waals surface area contributed by atoms with Crippen LogP contribution in [-0.2, 0) is 4.43 Å². The molecule has 112 valence electrons. The average molecular weight is 483 g/mol. The first-order valence-corrected chi connectivity index (χ1v) is 9.81. The van der Waals surface area contributed by atoms with Crippen molar-refractivity contribution in [3.8, 4) is 0 Å². The van der Waals surface area contributed by atoms with E-state index in [1.807, 2.05) is 0 Å². The van der Waals surface area contributed by atoms with Gasteiger partial charge in [0, 0.05) is 4.43 Å². The Kier molecular flexibility index (Phi) is 7.07. The summed E-state index contributed by atoms with van der Waals surface area (Å²) in [7, 11) is -0.477. The van der Waals surface area contributed by atoms with E-state index < -0.39 is 7.92 Å². The van der Waals surface area contributed by atoms with Crippen LogP contribution in [0.4, 0.5) is 0 Å². The van der Waals surface area contributed by atoms with Gasteiger partial charge in [-0.3, -0.25) is 0 Å². The van der Waals surface area contributed by atoms with Crippen molar-refractivity contribution < 1.29 is 0 Å². The second kappa shape index (κ2) is 8.81. The van der Waals surface area contributed by atoms with E-state index >= 15 is 0 Å². The lowest BCUT2D eigenvalue weighted by Crippen LogP contribution is -2.22. The fourth-order valence-corrected chi connectivity index (χ4v) is 5.86. The minimum absolute atomic E-state index is 0. The lowest BCUT2D eigenvalue weighted by molar-refractivity contribution is 1.50. The molecular formula is C19H17BrIP. The Morgan fingerprint density at radius 1 is 0.636 bits per heavy atom. The van der Waals surface area contributed by atoms with Gasteiger partial charge in [0.25, 0.3) is 0 Å². The molecule has 0 unspecified atom stereocenters. The van der Waals surface area contributed by atoms with Crippen molar-refractivity contribution in [2.45, 2.75) is 4.43 Å². The number of alkyl halides is 1. The van der Waals surface area contributed by atoms with E-state index in [1.165, 1.54) is 21.5 Å². The maximum atomic E-state index is 2.46. The molecule has 0 saturated heterocycles. The highest BCUT2D eigenvalue weighted by atomic mass is 127. The van der Waals surface area contributed by atoms with Crippen molar-refractivity contribution in [3.05, 3.63) is 90.5 Å². The third-order valence-electron chi connectivity index (χ3n) is 3.41. The lowest BCUT2D eigenvalue weighted by Gasteiger charge is -2.21. The topological polar surface area (TPSA) is 0 Å². The van der Waals surface area contributed by atoms with Crippen LogP contribution in [0, 0.1) is 0 Å². The molecule has 3 aromatic carbocycles. The molecule has 0 aromatic heterocycles. The first-order valence-electron chi connectivity index (χ1n) is 6.94. The van der Waals surface area contributed by atoms with Gasteiger partial charge in [-0.25, -0.2) is 0 Å². The fourth-order valence-electron chi connectivity index (χ4n) is 2.42. The van der Waals surface area contributed by atoms with Crippen molar-refractivity contribution in [3.63, 3.8) is 0 Å². The number of benzene rings is 3. The standard InChI is InChI=1S/C19H16IP.BrH/c20-15-16-9-7-8-14-19(16)21(17-10-3-1-4-11-17)18-12-5-2-6-13-18;/h1-14H,15H2;1H. The first-order chi connectivity index (χ1) is 10.4. The molecule has 0 aliphatic heterocycles. The van der Waals surface area contributed by atoms with Gasteiger partial charge in [-0.2, -0.15) is 0 Å². The zero-order chi connectivity index (χ0) is 14.5. The van der Waals surface area contributed by atoms with Gasteiger partial charge in [0.2, 0.25) is 0 Å². The monoisotopic (exact) mass is 482 g/mol. The molecule has 3 rings (SSSR count). The predicted octanol–water partition coefficient (Wildman–Crippen LogP) is 4.96. The van der Waals surface area contributed by atoms with Crippen molar-refractivity contribution in [1.29, 1.82) is 0 Å². The van der Waals surface area contributed by atoms with E-state index in [-0.39, 0.29) is 17.0 Å². The van der Waals surface area contributed by atoms with Crippen LogP contribution in [0.3, 0.4) is 0 Å². The maximum Gasteiger partial charge on any atom is 0.0253 e. The van der Waals surface area contributed by atoms with E-state index in [0.717, 1.165) is 4.43 Å². The van der Waals surface area contributed by atoms with Gasteiger partial charge in [-0.05, 0) is 29.4 Å². The molecule has 0 saturated carbocycles. The predicted molar refractivity (Wildman–Crippen MR) is 113 cm³/mol. The summed E-state index contributed by atoms with van der Waals surface area (Å²) < 4.78 is 1.05. The van der Waals surface area contributed by atoms with Crippen molar-refractivity contribution >= 4 is 63.4 Å². The summed E-state index contributed by atoms with van der Waals surface area (Å²) in [4.78, 5) is 0. The average Bonchev–Trinajstić information content (AvgIpc) is 2.58. The molecule has 0 nitrogen and oxygen atoms in total. The molecule has 3 heteroatoms. The third-order valence-corrected chi connectivity index (χ3v) is 6.77. The molecule has 0 heterocycles. The van der Waals surface area contributed by atoms with Crippen LogP contribution in [0.2, 0.25) is 0 Å². The summed E-state index contributed by atoms with van der Waals surface area (Å²) in [5.41, 5.74) is 1.44. The van der Waals surface area contributed by atoms with Gasteiger partial charge >= 0.3 is 0 Å². The molecule has 0 aliphatic carbocycles. The Bertz CT molecular complexity index is 661. The maximum absolute atomic E-state index is 2.46. The molecule has 0 N–H and O–H groups in total. The Balaban J connectivity index is 0.00000176. The second-order valence-corrected chi connectivity index (χ2v) is 7.72. The Morgan fingerprint density at radius 3 is 1.59 bits per heavy atom.